The lowest BCUT2D eigenvalue weighted by Crippen LogP contribution is -2.19. The van der Waals surface area contributed by atoms with Gasteiger partial charge in [0.2, 0.25) is 5.91 Å². The Morgan fingerprint density at radius 1 is 1.05 bits per heavy atom. The first-order valence-electron chi connectivity index (χ1n) is 6.30. The van der Waals surface area contributed by atoms with E-state index in [9.17, 15) is 4.79 Å². The Kier molecular flexibility index (Phi) is 4.31. The van der Waals surface area contributed by atoms with Crippen molar-refractivity contribution in [3.05, 3.63) is 71.3 Å². The van der Waals surface area contributed by atoms with E-state index < -0.39 is 0 Å². The Hall–Kier alpha value is -2.13. The first-order chi connectivity index (χ1) is 9.16. The minimum atomic E-state index is -0.115. The molecule has 98 valence electrons. The number of hydrogen-bond donors (Lipinski definition) is 2. The minimum Gasteiger partial charge on any atom is -0.352 e. The van der Waals surface area contributed by atoms with Crippen molar-refractivity contribution in [1.82, 2.24) is 5.32 Å². The second kappa shape index (κ2) is 6.16. The van der Waals surface area contributed by atoms with Crippen molar-refractivity contribution in [2.45, 2.75) is 19.5 Å². The quantitative estimate of drug-likeness (QED) is 0.880. The van der Waals surface area contributed by atoms with Crippen molar-refractivity contribution in [3.63, 3.8) is 0 Å². The van der Waals surface area contributed by atoms with E-state index in [1.807, 2.05) is 54.6 Å². The molecule has 19 heavy (non-hydrogen) atoms. The summed E-state index contributed by atoms with van der Waals surface area (Å²) in [6.45, 7) is 2.07. The largest absolute Gasteiger partial charge is 0.352 e. The zero-order valence-electron chi connectivity index (χ0n) is 11.0. The van der Waals surface area contributed by atoms with Crippen molar-refractivity contribution in [2.24, 2.45) is 5.73 Å². The maximum absolute atomic E-state index is 10.8. The highest BCUT2D eigenvalue weighted by Crippen LogP contribution is 2.19. The monoisotopic (exact) mass is 254 g/mol. The maximum atomic E-state index is 10.8. The fourth-order valence-electron chi connectivity index (χ4n) is 1.92. The van der Waals surface area contributed by atoms with E-state index in [1.165, 1.54) is 6.92 Å². The van der Waals surface area contributed by atoms with Crippen LogP contribution in [0.25, 0.3) is 0 Å². The van der Waals surface area contributed by atoms with Crippen LogP contribution in [0, 0.1) is 0 Å². The topological polar surface area (TPSA) is 55.1 Å². The molecule has 3 nitrogen and oxygen atoms in total. The molecular formula is C16H18N2O. The van der Waals surface area contributed by atoms with Crippen LogP contribution in [-0.2, 0) is 11.3 Å². The van der Waals surface area contributed by atoms with Crippen LogP contribution in [0.5, 0.6) is 0 Å². The molecule has 0 saturated heterocycles. The third-order valence-electron chi connectivity index (χ3n) is 3.04. The summed E-state index contributed by atoms with van der Waals surface area (Å²) in [5, 5.41) is 2.77. The third-order valence-corrected chi connectivity index (χ3v) is 3.04. The molecule has 1 unspecified atom stereocenters. The molecule has 0 heterocycles. The molecule has 0 aromatic heterocycles. The van der Waals surface area contributed by atoms with Gasteiger partial charge in [-0.3, -0.25) is 4.79 Å². The van der Waals surface area contributed by atoms with Crippen LogP contribution in [0.2, 0.25) is 0 Å². The van der Waals surface area contributed by atoms with Gasteiger partial charge < -0.3 is 11.1 Å². The number of benzene rings is 2. The molecule has 2 aromatic carbocycles. The second-order valence-electron chi connectivity index (χ2n) is 4.54. The predicted molar refractivity (Wildman–Crippen MR) is 76.4 cm³/mol. The molecule has 0 spiro atoms. The molecule has 0 saturated carbocycles. The number of carbonyl (C=O) groups is 1. The second-order valence-corrected chi connectivity index (χ2v) is 4.54. The van der Waals surface area contributed by atoms with Crippen LogP contribution in [0.4, 0.5) is 0 Å². The summed E-state index contributed by atoms with van der Waals surface area (Å²) in [5.74, 6) is -0.0231. The highest BCUT2D eigenvalue weighted by atomic mass is 16.1. The fourth-order valence-corrected chi connectivity index (χ4v) is 1.92. The van der Waals surface area contributed by atoms with E-state index in [-0.39, 0.29) is 11.9 Å². The summed E-state index contributed by atoms with van der Waals surface area (Å²) >= 11 is 0. The average Bonchev–Trinajstić information content (AvgIpc) is 2.46. The summed E-state index contributed by atoms with van der Waals surface area (Å²) in [6, 6.07) is 17.9. The highest BCUT2D eigenvalue weighted by Gasteiger charge is 2.07. The molecule has 3 N–H and O–H groups in total. The van der Waals surface area contributed by atoms with Gasteiger partial charge in [0.1, 0.15) is 0 Å². The van der Waals surface area contributed by atoms with Gasteiger partial charge in [-0.05, 0) is 16.7 Å². The Morgan fingerprint density at radius 2 is 1.63 bits per heavy atom. The summed E-state index contributed by atoms with van der Waals surface area (Å²) in [5.41, 5.74) is 9.45. The van der Waals surface area contributed by atoms with E-state index >= 15 is 0 Å². The number of hydrogen-bond acceptors (Lipinski definition) is 2. The van der Waals surface area contributed by atoms with E-state index in [1.54, 1.807) is 0 Å². The van der Waals surface area contributed by atoms with Crippen LogP contribution in [-0.4, -0.2) is 5.91 Å². The Bertz CT molecular complexity index is 534. The predicted octanol–water partition coefficient (Wildman–Crippen LogP) is 2.37. The smallest absolute Gasteiger partial charge is 0.217 e. The first kappa shape index (κ1) is 13.3. The minimum absolute atomic E-state index is 0.0231. The van der Waals surface area contributed by atoms with Crippen LogP contribution in [0.15, 0.2) is 54.6 Å². The standard InChI is InChI=1S/C16H18N2O/c1-12(19)18-11-13-7-9-15(10-8-13)16(17)14-5-3-2-4-6-14/h2-10,16H,11,17H2,1H3,(H,18,19). The van der Waals surface area contributed by atoms with E-state index in [0.29, 0.717) is 6.54 Å². The number of rotatable bonds is 4. The number of carbonyl (C=O) groups excluding carboxylic acids is 1. The lowest BCUT2D eigenvalue weighted by molar-refractivity contribution is -0.119. The molecule has 3 heteroatoms. The average molecular weight is 254 g/mol. The van der Waals surface area contributed by atoms with E-state index in [2.05, 4.69) is 5.32 Å². The molecule has 0 aliphatic carbocycles. The fraction of sp³-hybridized carbons (Fsp3) is 0.188. The molecule has 2 aromatic rings. The van der Waals surface area contributed by atoms with Crippen LogP contribution >= 0.6 is 0 Å². The zero-order chi connectivity index (χ0) is 13.7. The first-order valence-corrected chi connectivity index (χ1v) is 6.30. The SMILES string of the molecule is CC(=O)NCc1ccc(C(N)c2ccccc2)cc1. The van der Waals surface area contributed by atoms with Gasteiger partial charge >= 0.3 is 0 Å². The van der Waals surface area contributed by atoms with Gasteiger partial charge in [-0.25, -0.2) is 0 Å². The van der Waals surface area contributed by atoms with Gasteiger partial charge in [-0.1, -0.05) is 54.6 Å². The molecule has 0 aliphatic rings. The van der Waals surface area contributed by atoms with Crippen LogP contribution in [0.3, 0.4) is 0 Å². The normalized spacial score (nSPS) is 11.9. The van der Waals surface area contributed by atoms with Gasteiger partial charge in [0.15, 0.2) is 0 Å². The molecule has 0 aliphatic heterocycles. The summed E-state index contributed by atoms with van der Waals surface area (Å²) < 4.78 is 0. The van der Waals surface area contributed by atoms with Gasteiger partial charge in [0.25, 0.3) is 0 Å². The third kappa shape index (κ3) is 3.66. The molecule has 2 rings (SSSR count). The van der Waals surface area contributed by atoms with Gasteiger partial charge in [-0.15, -0.1) is 0 Å². The zero-order valence-corrected chi connectivity index (χ0v) is 11.0. The van der Waals surface area contributed by atoms with Gasteiger partial charge in [-0.2, -0.15) is 0 Å². The van der Waals surface area contributed by atoms with Crippen molar-refractivity contribution >= 4 is 5.91 Å². The Balaban J connectivity index is 2.08. The number of nitrogens with one attached hydrogen (secondary N) is 1. The lowest BCUT2D eigenvalue weighted by atomic mass is 9.99. The molecule has 1 amide bonds. The van der Waals surface area contributed by atoms with Crippen LogP contribution < -0.4 is 11.1 Å². The van der Waals surface area contributed by atoms with Crippen molar-refractivity contribution < 1.29 is 4.79 Å². The highest BCUT2D eigenvalue weighted by molar-refractivity contribution is 5.72. The number of nitrogens with two attached hydrogens (primary N) is 1. The molecular weight excluding hydrogens is 236 g/mol. The molecule has 0 bridgehead atoms. The maximum Gasteiger partial charge on any atom is 0.217 e. The molecule has 0 radical (unpaired) electrons. The molecule has 1 atom stereocenters. The Morgan fingerprint density at radius 3 is 2.21 bits per heavy atom. The van der Waals surface area contributed by atoms with Crippen molar-refractivity contribution in [3.8, 4) is 0 Å². The summed E-state index contributed by atoms with van der Waals surface area (Å²) in [4.78, 5) is 10.8. The Labute approximate surface area is 113 Å². The number of amides is 1. The summed E-state index contributed by atoms with van der Waals surface area (Å²) in [6.07, 6.45) is 0. The van der Waals surface area contributed by atoms with Gasteiger partial charge in [0, 0.05) is 13.5 Å². The summed E-state index contributed by atoms with van der Waals surface area (Å²) in [7, 11) is 0. The van der Waals surface area contributed by atoms with E-state index in [0.717, 1.165) is 16.7 Å². The van der Waals surface area contributed by atoms with Gasteiger partial charge in [0.05, 0.1) is 6.04 Å². The van der Waals surface area contributed by atoms with Crippen molar-refractivity contribution in [2.75, 3.05) is 0 Å². The molecule has 0 fully saturated rings. The van der Waals surface area contributed by atoms with E-state index in [4.69, 9.17) is 5.73 Å². The lowest BCUT2D eigenvalue weighted by Gasteiger charge is -2.13. The van der Waals surface area contributed by atoms with Crippen LogP contribution in [0.1, 0.15) is 29.7 Å². The van der Waals surface area contributed by atoms with Crippen molar-refractivity contribution in [1.29, 1.82) is 0 Å².